The van der Waals surface area contributed by atoms with Crippen LogP contribution in [0, 0.1) is 0 Å². The summed E-state index contributed by atoms with van der Waals surface area (Å²) in [6.45, 7) is 13.9. The summed E-state index contributed by atoms with van der Waals surface area (Å²) in [5, 5.41) is 0. The van der Waals surface area contributed by atoms with Gasteiger partial charge >= 0.3 is 116 Å². The Morgan fingerprint density at radius 1 is 0.895 bits per heavy atom. The van der Waals surface area contributed by atoms with Crippen molar-refractivity contribution in [3.8, 4) is 5.75 Å². The predicted molar refractivity (Wildman–Crippen MR) is 83.1 cm³/mol. The Labute approximate surface area is 117 Å². The van der Waals surface area contributed by atoms with Crippen molar-refractivity contribution in [2.75, 3.05) is 6.66 Å². The molecule has 0 amide bonds. The second-order valence-electron chi connectivity index (χ2n) is 7.22. The van der Waals surface area contributed by atoms with Gasteiger partial charge in [0.15, 0.2) is 0 Å². The van der Waals surface area contributed by atoms with Gasteiger partial charge in [0.25, 0.3) is 0 Å². The molecule has 0 fully saturated rings. The Bertz CT molecular complexity index is 416. The molecule has 110 valence electrons. The van der Waals surface area contributed by atoms with Gasteiger partial charge in [-0.2, -0.15) is 0 Å². The maximum atomic E-state index is 9.72. The molecule has 0 bridgehead atoms. The van der Waals surface area contributed by atoms with E-state index >= 15 is 0 Å². The molecule has 0 heterocycles. The Morgan fingerprint density at radius 2 is 1.26 bits per heavy atom. The molecule has 3 nitrogen and oxygen atoms in total. The molecular formula is C15H27O3P. The molecule has 0 aliphatic rings. The summed E-state index contributed by atoms with van der Waals surface area (Å²) in [6.07, 6.45) is 0. The Morgan fingerprint density at radius 3 is 1.53 bits per heavy atom. The van der Waals surface area contributed by atoms with E-state index in [2.05, 4.69) is 41.5 Å². The maximum absolute atomic E-state index is 9.72. The van der Waals surface area contributed by atoms with E-state index in [9.17, 15) is 9.79 Å². The van der Waals surface area contributed by atoms with Gasteiger partial charge in [-0.3, -0.25) is 0 Å². The fraction of sp³-hybridized carbons (Fsp3) is 0.600. The molecule has 4 heteroatoms. The van der Waals surface area contributed by atoms with Gasteiger partial charge in [0, 0.05) is 0 Å². The van der Waals surface area contributed by atoms with Crippen LogP contribution in [-0.4, -0.2) is 16.5 Å². The van der Waals surface area contributed by atoms with Crippen molar-refractivity contribution >= 4 is 7.94 Å². The van der Waals surface area contributed by atoms with Crippen LogP contribution in [-0.2, 0) is 10.8 Å². The number of rotatable bonds is 2. The first kappa shape index (κ1) is 16.4. The zero-order chi connectivity index (χ0) is 15.1. The molecule has 0 saturated heterocycles. The fourth-order valence-corrected chi connectivity index (χ4v) is 2.63. The third-order valence-corrected chi connectivity index (χ3v) is 3.52. The summed E-state index contributed by atoms with van der Waals surface area (Å²) in [5.74, 6) is 0.627. The van der Waals surface area contributed by atoms with Crippen LogP contribution in [0.25, 0.3) is 0 Å². The SMILES string of the molecule is CC(C)(C)c1cccc(C(C)(C)C)c1O[PH](C)(O)O. The van der Waals surface area contributed by atoms with Gasteiger partial charge in [0.05, 0.1) is 0 Å². The first-order valence-corrected chi connectivity index (χ1v) is 8.90. The minimum atomic E-state index is -3.62. The zero-order valence-electron chi connectivity index (χ0n) is 13.0. The van der Waals surface area contributed by atoms with Crippen LogP contribution < -0.4 is 4.52 Å². The minimum absolute atomic E-state index is 0.115. The van der Waals surface area contributed by atoms with Gasteiger partial charge in [0.1, 0.15) is 0 Å². The van der Waals surface area contributed by atoms with E-state index in [0.717, 1.165) is 11.1 Å². The third kappa shape index (κ3) is 4.45. The first-order valence-electron chi connectivity index (χ1n) is 6.60. The number of para-hydroxylation sites is 1. The van der Waals surface area contributed by atoms with Crippen LogP contribution in [0.1, 0.15) is 52.7 Å². The standard InChI is InChI=1S/C15H27O3P/c1-14(2,3)11-9-8-10-12(15(4,5)6)13(11)18-19(7,16)17/h8-10,16-17,19H,1-7H3. The molecule has 1 aromatic rings. The quantitative estimate of drug-likeness (QED) is 0.814. The molecule has 2 N–H and O–H groups in total. The molecule has 0 aliphatic carbocycles. The average molecular weight is 286 g/mol. The van der Waals surface area contributed by atoms with Gasteiger partial charge in [-0.15, -0.1) is 0 Å². The van der Waals surface area contributed by atoms with Gasteiger partial charge in [0.2, 0.25) is 0 Å². The van der Waals surface area contributed by atoms with Crippen LogP contribution in [0.3, 0.4) is 0 Å². The van der Waals surface area contributed by atoms with E-state index < -0.39 is 7.94 Å². The summed E-state index contributed by atoms with van der Waals surface area (Å²) < 4.78 is 5.57. The monoisotopic (exact) mass is 286 g/mol. The molecule has 0 saturated carbocycles. The predicted octanol–water partition coefficient (Wildman–Crippen LogP) is 3.77. The van der Waals surface area contributed by atoms with E-state index in [1.807, 2.05) is 18.2 Å². The van der Waals surface area contributed by atoms with Crippen molar-refractivity contribution in [3.05, 3.63) is 29.3 Å². The van der Waals surface area contributed by atoms with Gasteiger partial charge in [-0.1, -0.05) is 0 Å². The van der Waals surface area contributed by atoms with Crippen LogP contribution in [0.15, 0.2) is 18.2 Å². The van der Waals surface area contributed by atoms with Crippen molar-refractivity contribution < 1.29 is 14.3 Å². The van der Waals surface area contributed by atoms with Crippen molar-refractivity contribution in [1.29, 1.82) is 0 Å². The molecule has 0 aromatic heterocycles. The number of hydrogen-bond acceptors (Lipinski definition) is 3. The Kier molecular flexibility index (Phi) is 4.36. The van der Waals surface area contributed by atoms with Crippen molar-refractivity contribution in [1.82, 2.24) is 0 Å². The number of benzene rings is 1. The molecule has 0 unspecified atom stereocenters. The molecule has 0 aliphatic heterocycles. The van der Waals surface area contributed by atoms with Crippen molar-refractivity contribution in [2.24, 2.45) is 0 Å². The van der Waals surface area contributed by atoms with Crippen LogP contribution in [0.5, 0.6) is 5.75 Å². The Hall–Kier alpha value is -0.630. The van der Waals surface area contributed by atoms with E-state index in [0.29, 0.717) is 5.75 Å². The molecule has 19 heavy (non-hydrogen) atoms. The van der Waals surface area contributed by atoms with Crippen LogP contribution in [0.2, 0.25) is 0 Å². The molecular weight excluding hydrogens is 259 g/mol. The zero-order valence-corrected chi connectivity index (χ0v) is 14.0. The molecule has 0 atom stereocenters. The van der Waals surface area contributed by atoms with Crippen molar-refractivity contribution in [3.63, 3.8) is 0 Å². The van der Waals surface area contributed by atoms with E-state index in [-0.39, 0.29) is 10.8 Å². The Balaban J connectivity index is 3.51. The van der Waals surface area contributed by atoms with Gasteiger partial charge < -0.3 is 0 Å². The molecule has 1 rings (SSSR count). The first-order chi connectivity index (χ1) is 8.32. The van der Waals surface area contributed by atoms with E-state index in [4.69, 9.17) is 4.52 Å². The molecule has 0 spiro atoms. The molecule has 1 aromatic carbocycles. The summed E-state index contributed by atoms with van der Waals surface area (Å²) in [6, 6.07) is 5.98. The van der Waals surface area contributed by atoms with Crippen LogP contribution >= 0.6 is 7.94 Å². The van der Waals surface area contributed by atoms with Crippen molar-refractivity contribution in [2.45, 2.75) is 52.4 Å². The average Bonchev–Trinajstić information content (AvgIpc) is 2.11. The van der Waals surface area contributed by atoms with E-state index in [1.165, 1.54) is 6.66 Å². The third-order valence-electron chi connectivity index (χ3n) is 2.93. The normalized spacial score (nSPS) is 14.4. The number of hydrogen-bond donors (Lipinski definition) is 2. The summed E-state index contributed by atoms with van der Waals surface area (Å²) in [5.41, 5.74) is 1.77. The van der Waals surface area contributed by atoms with Gasteiger partial charge in [-0.25, -0.2) is 0 Å². The topological polar surface area (TPSA) is 49.7 Å². The fourth-order valence-electron chi connectivity index (χ4n) is 2.02. The second kappa shape index (κ2) is 5.05. The van der Waals surface area contributed by atoms with Crippen LogP contribution in [0.4, 0.5) is 0 Å². The van der Waals surface area contributed by atoms with E-state index in [1.54, 1.807) is 0 Å². The second-order valence-corrected chi connectivity index (χ2v) is 9.29. The molecule has 0 radical (unpaired) electrons. The summed E-state index contributed by atoms with van der Waals surface area (Å²) >= 11 is 0. The summed E-state index contributed by atoms with van der Waals surface area (Å²) in [4.78, 5) is 19.4. The summed E-state index contributed by atoms with van der Waals surface area (Å²) in [7, 11) is -3.62. The van der Waals surface area contributed by atoms with Gasteiger partial charge in [-0.05, 0) is 0 Å².